The number of hydrogen-bond donors (Lipinski definition) is 3. The summed E-state index contributed by atoms with van der Waals surface area (Å²) in [6.07, 6.45) is 0.953. The number of fused-ring (bicyclic) bond motifs is 1. The molecule has 1 heterocycles. The largest absolute Gasteiger partial charge is 0.505 e. The molecule has 0 bridgehead atoms. The molecule has 0 saturated heterocycles. The lowest BCUT2D eigenvalue weighted by molar-refractivity contribution is -0.115. The van der Waals surface area contributed by atoms with Gasteiger partial charge in [-0.15, -0.1) is 0 Å². The average Bonchev–Trinajstić information content (AvgIpc) is 2.96. The van der Waals surface area contributed by atoms with Crippen molar-refractivity contribution in [3.63, 3.8) is 0 Å². The zero-order valence-corrected chi connectivity index (χ0v) is 15.9. The third-order valence-corrected chi connectivity index (χ3v) is 4.99. The van der Waals surface area contributed by atoms with E-state index < -0.39 is 0 Å². The zero-order chi connectivity index (χ0) is 19.6. The van der Waals surface area contributed by atoms with Gasteiger partial charge in [-0.3, -0.25) is 9.59 Å². The second-order valence-electron chi connectivity index (χ2n) is 6.77. The second kappa shape index (κ2) is 7.70. The van der Waals surface area contributed by atoms with Crippen molar-refractivity contribution in [2.75, 3.05) is 22.6 Å². The van der Waals surface area contributed by atoms with Gasteiger partial charge in [0.1, 0.15) is 11.4 Å². The Balaban J connectivity index is 1.92. The average molecular weight is 367 g/mol. The maximum atomic E-state index is 12.5. The van der Waals surface area contributed by atoms with Crippen LogP contribution in [0.4, 0.5) is 17.1 Å². The summed E-state index contributed by atoms with van der Waals surface area (Å²) in [7, 11) is 1.92. The minimum absolute atomic E-state index is 0.00159. The Hall–Kier alpha value is -3.02. The molecule has 2 aromatic rings. The molecule has 0 saturated carbocycles. The number of rotatable bonds is 6. The Labute approximate surface area is 159 Å². The van der Waals surface area contributed by atoms with Crippen LogP contribution < -0.4 is 15.5 Å². The van der Waals surface area contributed by atoms with Gasteiger partial charge in [-0.1, -0.05) is 37.3 Å². The number of ketones is 1. The van der Waals surface area contributed by atoms with E-state index in [1.807, 2.05) is 43.1 Å². The first-order chi connectivity index (χ1) is 12.9. The SMILES string of the molecule is CCC(=O)Nc1cc2c(c(O)c1CCC(=O)c1ccccc1)NC(C)N2C. The molecular weight excluding hydrogens is 342 g/mol. The van der Waals surface area contributed by atoms with Gasteiger partial charge in [0, 0.05) is 36.7 Å². The summed E-state index contributed by atoms with van der Waals surface area (Å²) in [5.41, 5.74) is 3.24. The maximum absolute atomic E-state index is 12.5. The van der Waals surface area contributed by atoms with Crippen LogP contribution in [0.25, 0.3) is 0 Å². The van der Waals surface area contributed by atoms with Crippen LogP contribution in [0.15, 0.2) is 36.4 Å². The molecule has 1 aliphatic heterocycles. The Morgan fingerprint density at radius 3 is 2.63 bits per heavy atom. The summed E-state index contributed by atoms with van der Waals surface area (Å²) in [6, 6.07) is 10.9. The van der Waals surface area contributed by atoms with Gasteiger partial charge < -0.3 is 20.6 Å². The highest BCUT2D eigenvalue weighted by Crippen LogP contribution is 2.46. The summed E-state index contributed by atoms with van der Waals surface area (Å²) in [5.74, 6) is -0.0377. The smallest absolute Gasteiger partial charge is 0.224 e. The van der Waals surface area contributed by atoms with E-state index in [1.54, 1.807) is 19.1 Å². The topological polar surface area (TPSA) is 81.7 Å². The van der Waals surface area contributed by atoms with Crippen molar-refractivity contribution in [2.24, 2.45) is 0 Å². The number of carbonyl (C=O) groups excluding carboxylic acids is 2. The molecule has 1 amide bonds. The third-order valence-electron chi connectivity index (χ3n) is 4.99. The quantitative estimate of drug-likeness (QED) is 0.535. The van der Waals surface area contributed by atoms with Gasteiger partial charge in [0.15, 0.2) is 5.78 Å². The molecule has 0 spiro atoms. The van der Waals surface area contributed by atoms with Crippen molar-refractivity contribution >= 4 is 28.8 Å². The van der Waals surface area contributed by atoms with Crippen LogP contribution in [0.5, 0.6) is 5.75 Å². The zero-order valence-electron chi connectivity index (χ0n) is 15.9. The highest BCUT2D eigenvalue weighted by molar-refractivity contribution is 5.98. The van der Waals surface area contributed by atoms with Gasteiger partial charge in [0.25, 0.3) is 0 Å². The van der Waals surface area contributed by atoms with E-state index in [9.17, 15) is 14.7 Å². The van der Waals surface area contributed by atoms with Gasteiger partial charge in [-0.25, -0.2) is 0 Å². The molecule has 3 N–H and O–H groups in total. The Morgan fingerprint density at radius 2 is 1.96 bits per heavy atom. The van der Waals surface area contributed by atoms with Crippen LogP contribution in [0.2, 0.25) is 0 Å². The number of Topliss-reactive ketones (excluding diaryl/α,β-unsaturated/α-hetero) is 1. The predicted octanol–water partition coefficient (Wildman–Crippen LogP) is 3.76. The number of phenolic OH excluding ortho intramolecular Hbond substituents is 1. The summed E-state index contributed by atoms with van der Waals surface area (Å²) >= 11 is 0. The molecule has 1 aliphatic rings. The standard InChI is InChI=1S/C21H25N3O3/c1-4-19(26)23-16-12-17-20(22-13(2)24(17)3)21(27)15(16)10-11-18(25)14-8-6-5-7-9-14/h5-9,12-13,22,27H,4,10-11H2,1-3H3,(H,23,26). The van der Waals surface area contributed by atoms with Crippen LogP contribution in [0, 0.1) is 0 Å². The number of amides is 1. The first-order valence-corrected chi connectivity index (χ1v) is 9.18. The van der Waals surface area contributed by atoms with Crippen molar-refractivity contribution in [3.8, 4) is 5.75 Å². The maximum Gasteiger partial charge on any atom is 0.224 e. The van der Waals surface area contributed by atoms with E-state index in [1.165, 1.54) is 0 Å². The number of phenols is 1. The number of carbonyl (C=O) groups is 2. The van der Waals surface area contributed by atoms with Gasteiger partial charge >= 0.3 is 0 Å². The lowest BCUT2D eigenvalue weighted by atomic mass is 9.99. The van der Waals surface area contributed by atoms with Crippen molar-refractivity contribution in [2.45, 2.75) is 39.3 Å². The molecule has 0 fully saturated rings. The number of benzene rings is 2. The van der Waals surface area contributed by atoms with Gasteiger partial charge in [0.05, 0.1) is 11.9 Å². The predicted molar refractivity (Wildman–Crippen MR) is 108 cm³/mol. The van der Waals surface area contributed by atoms with Crippen LogP contribution in [-0.2, 0) is 11.2 Å². The molecule has 3 rings (SSSR count). The lowest BCUT2D eigenvalue weighted by Crippen LogP contribution is -2.28. The molecule has 6 heteroatoms. The molecular formula is C21H25N3O3. The summed E-state index contributed by atoms with van der Waals surface area (Å²) in [6.45, 7) is 3.76. The molecule has 0 aromatic heterocycles. The number of nitrogens with one attached hydrogen (secondary N) is 2. The third kappa shape index (κ3) is 3.74. The number of aromatic hydroxyl groups is 1. The number of anilines is 3. The molecule has 2 aromatic carbocycles. The highest BCUT2D eigenvalue weighted by atomic mass is 16.3. The summed E-state index contributed by atoms with van der Waals surface area (Å²) in [4.78, 5) is 26.4. The molecule has 142 valence electrons. The van der Waals surface area contributed by atoms with Crippen LogP contribution >= 0.6 is 0 Å². The van der Waals surface area contributed by atoms with E-state index in [4.69, 9.17) is 0 Å². The van der Waals surface area contributed by atoms with E-state index >= 15 is 0 Å². The van der Waals surface area contributed by atoms with Gasteiger partial charge in [-0.05, 0) is 19.4 Å². The number of hydrogen-bond acceptors (Lipinski definition) is 5. The minimum atomic E-state index is -0.133. The first kappa shape index (κ1) is 18.8. The summed E-state index contributed by atoms with van der Waals surface area (Å²) < 4.78 is 0. The fraction of sp³-hybridized carbons (Fsp3) is 0.333. The van der Waals surface area contributed by atoms with Crippen LogP contribution in [0.1, 0.15) is 42.6 Å². The van der Waals surface area contributed by atoms with Gasteiger partial charge in [-0.2, -0.15) is 0 Å². The molecule has 0 aliphatic carbocycles. The Bertz CT molecular complexity index is 865. The molecule has 0 radical (unpaired) electrons. The number of nitrogens with zero attached hydrogens (tertiary/aromatic N) is 1. The molecule has 1 atom stereocenters. The van der Waals surface area contributed by atoms with E-state index in [-0.39, 0.29) is 30.0 Å². The van der Waals surface area contributed by atoms with E-state index in [2.05, 4.69) is 10.6 Å². The van der Waals surface area contributed by atoms with Crippen molar-refractivity contribution < 1.29 is 14.7 Å². The Kier molecular flexibility index (Phi) is 5.35. The molecule has 6 nitrogen and oxygen atoms in total. The second-order valence-corrected chi connectivity index (χ2v) is 6.77. The van der Waals surface area contributed by atoms with E-state index in [0.29, 0.717) is 35.3 Å². The highest BCUT2D eigenvalue weighted by Gasteiger charge is 2.28. The van der Waals surface area contributed by atoms with Gasteiger partial charge in [0.2, 0.25) is 5.91 Å². The molecule has 1 unspecified atom stereocenters. The van der Waals surface area contributed by atoms with Crippen LogP contribution in [-0.4, -0.2) is 30.0 Å². The summed E-state index contributed by atoms with van der Waals surface area (Å²) in [5, 5.41) is 17.0. The minimum Gasteiger partial charge on any atom is -0.505 e. The van der Waals surface area contributed by atoms with Crippen LogP contribution in [0.3, 0.4) is 0 Å². The fourth-order valence-corrected chi connectivity index (χ4v) is 3.24. The fourth-order valence-electron chi connectivity index (χ4n) is 3.24. The van der Waals surface area contributed by atoms with Crippen molar-refractivity contribution in [1.29, 1.82) is 0 Å². The lowest BCUT2D eigenvalue weighted by Gasteiger charge is -2.19. The van der Waals surface area contributed by atoms with Crippen molar-refractivity contribution in [3.05, 3.63) is 47.5 Å². The normalized spacial score (nSPS) is 15.2. The first-order valence-electron chi connectivity index (χ1n) is 9.18. The molecule has 27 heavy (non-hydrogen) atoms. The monoisotopic (exact) mass is 367 g/mol. The Morgan fingerprint density at radius 1 is 1.26 bits per heavy atom. The van der Waals surface area contributed by atoms with Crippen molar-refractivity contribution in [1.82, 2.24) is 0 Å². The van der Waals surface area contributed by atoms with E-state index in [0.717, 1.165) is 5.69 Å².